The van der Waals surface area contributed by atoms with Crippen molar-refractivity contribution in [2.45, 2.75) is 4.90 Å². The lowest BCUT2D eigenvalue weighted by molar-refractivity contribution is 0.325. The summed E-state index contributed by atoms with van der Waals surface area (Å²) in [6.07, 6.45) is 0. The van der Waals surface area contributed by atoms with E-state index >= 15 is 0 Å². The maximum Gasteiger partial charge on any atom is 0.203 e. The van der Waals surface area contributed by atoms with Crippen molar-refractivity contribution in [2.24, 2.45) is 0 Å². The van der Waals surface area contributed by atoms with Crippen molar-refractivity contribution in [2.75, 3.05) is 33.2 Å². The molecule has 0 aromatic heterocycles. The minimum Gasteiger partial charge on any atom is -0.504 e. The van der Waals surface area contributed by atoms with Gasteiger partial charge in [0.2, 0.25) is 5.75 Å². The van der Waals surface area contributed by atoms with E-state index in [1.807, 2.05) is 0 Å². The zero-order chi connectivity index (χ0) is 17.7. The van der Waals surface area contributed by atoms with Crippen molar-refractivity contribution in [3.05, 3.63) is 30.3 Å². The van der Waals surface area contributed by atoms with Crippen molar-refractivity contribution in [1.29, 1.82) is 0 Å². The summed E-state index contributed by atoms with van der Waals surface area (Å²) in [5.74, 6) is 1.54. The van der Waals surface area contributed by atoms with Crippen LogP contribution in [0.3, 0.4) is 0 Å². The molecular formula is C16H19NO6S. The zero-order valence-corrected chi connectivity index (χ0v) is 14.6. The number of rotatable bonds is 7. The molecule has 130 valence electrons. The summed E-state index contributed by atoms with van der Waals surface area (Å²) in [6.45, 7) is 0. The molecule has 0 fully saturated rings. The van der Waals surface area contributed by atoms with Gasteiger partial charge in [-0.2, -0.15) is 0 Å². The van der Waals surface area contributed by atoms with Gasteiger partial charge < -0.3 is 28.8 Å². The summed E-state index contributed by atoms with van der Waals surface area (Å²) >= 11 is 0. The van der Waals surface area contributed by atoms with Crippen molar-refractivity contribution in [3.8, 4) is 28.7 Å². The molecule has 2 aromatic rings. The van der Waals surface area contributed by atoms with Crippen molar-refractivity contribution in [3.63, 3.8) is 0 Å². The first-order chi connectivity index (χ1) is 11.5. The molecule has 1 unspecified atom stereocenters. The van der Waals surface area contributed by atoms with E-state index < -0.39 is 11.0 Å². The summed E-state index contributed by atoms with van der Waals surface area (Å²) in [7, 11) is 4.35. The third kappa shape index (κ3) is 3.65. The Bertz CT molecular complexity index is 724. The second kappa shape index (κ2) is 7.78. The van der Waals surface area contributed by atoms with Crippen LogP contribution in [-0.2, 0) is 11.0 Å². The number of hydrogen-bond donors (Lipinski definition) is 2. The van der Waals surface area contributed by atoms with Crippen molar-refractivity contribution >= 4 is 16.7 Å². The molecule has 2 aromatic carbocycles. The van der Waals surface area contributed by atoms with Crippen LogP contribution in [0.15, 0.2) is 35.2 Å². The molecule has 2 N–H and O–H groups in total. The molecule has 7 nitrogen and oxygen atoms in total. The number of anilines is 1. The molecule has 0 spiro atoms. The number of hydrogen-bond acceptors (Lipinski definition) is 6. The minimum atomic E-state index is -1.60. The van der Waals surface area contributed by atoms with Crippen LogP contribution >= 0.6 is 0 Å². The van der Waals surface area contributed by atoms with E-state index in [1.54, 1.807) is 24.3 Å². The Morgan fingerprint density at radius 1 is 0.875 bits per heavy atom. The number of ether oxygens (including phenoxy) is 4. The van der Waals surface area contributed by atoms with E-state index in [0.717, 1.165) is 0 Å². The number of phenols is 1. The first-order valence-electron chi connectivity index (χ1n) is 6.89. The fourth-order valence-electron chi connectivity index (χ4n) is 2.09. The Morgan fingerprint density at radius 3 is 1.92 bits per heavy atom. The van der Waals surface area contributed by atoms with Gasteiger partial charge in [-0.1, -0.05) is 0 Å². The third-order valence-electron chi connectivity index (χ3n) is 3.24. The van der Waals surface area contributed by atoms with Crippen LogP contribution in [0.25, 0.3) is 0 Å². The monoisotopic (exact) mass is 353 g/mol. The molecule has 0 heterocycles. The lowest BCUT2D eigenvalue weighted by Gasteiger charge is -2.15. The number of aromatic hydroxyl groups is 1. The van der Waals surface area contributed by atoms with E-state index in [4.69, 9.17) is 18.9 Å². The van der Waals surface area contributed by atoms with E-state index in [1.165, 1.54) is 34.5 Å². The fourth-order valence-corrected chi connectivity index (χ4v) is 2.95. The molecule has 0 saturated heterocycles. The second-order valence-corrected chi connectivity index (χ2v) is 5.83. The highest BCUT2D eigenvalue weighted by molar-refractivity contribution is 7.86. The molecule has 0 aliphatic carbocycles. The normalized spacial score (nSPS) is 11.5. The van der Waals surface area contributed by atoms with Gasteiger partial charge in [0.25, 0.3) is 0 Å². The number of methoxy groups -OCH3 is 4. The van der Waals surface area contributed by atoms with Gasteiger partial charge in [0.15, 0.2) is 23.0 Å². The summed E-state index contributed by atoms with van der Waals surface area (Å²) in [5, 5.41) is 9.80. The second-order valence-electron chi connectivity index (χ2n) is 4.62. The Morgan fingerprint density at radius 2 is 1.46 bits per heavy atom. The van der Waals surface area contributed by atoms with Gasteiger partial charge in [0.1, 0.15) is 11.0 Å². The largest absolute Gasteiger partial charge is 0.504 e. The topological polar surface area (TPSA) is 86.3 Å². The lowest BCUT2D eigenvalue weighted by atomic mass is 10.2. The molecule has 0 aliphatic rings. The molecule has 0 aliphatic heterocycles. The van der Waals surface area contributed by atoms with Crippen LogP contribution in [-0.4, -0.2) is 37.8 Å². The fraction of sp³-hybridized carbons (Fsp3) is 0.250. The SMILES string of the molecule is COc1ccc(S(=O)Nc2cc(OC)c(OC)c(OC)c2)cc1O. The van der Waals surface area contributed by atoms with Crippen LogP contribution in [0.2, 0.25) is 0 Å². The molecule has 0 amide bonds. The van der Waals surface area contributed by atoms with Gasteiger partial charge in [0.05, 0.1) is 39.0 Å². The van der Waals surface area contributed by atoms with E-state index in [9.17, 15) is 9.32 Å². The Hall–Kier alpha value is -2.61. The average molecular weight is 353 g/mol. The van der Waals surface area contributed by atoms with Crippen LogP contribution in [0.1, 0.15) is 0 Å². The number of phenolic OH excluding ortho intramolecular Hbond substituents is 1. The molecule has 2 rings (SSSR count). The van der Waals surface area contributed by atoms with E-state index in [2.05, 4.69) is 4.72 Å². The summed E-state index contributed by atoms with van der Waals surface area (Å²) < 4.78 is 36.0. The predicted octanol–water partition coefficient (Wildman–Crippen LogP) is 2.56. The van der Waals surface area contributed by atoms with Gasteiger partial charge in [-0.25, -0.2) is 4.21 Å². The molecule has 0 bridgehead atoms. The maximum absolute atomic E-state index is 12.5. The molecule has 1 atom stereocenters. The van der Waals surface area contributed by atoms with Crippen LogP contribution in [0.5, 0.6) is 28.7 Å². The maximum atomic E-state index is 12.5. The standard InChI is InChI=1S/C16H19NO6S/c1-20-13-6-5-11(9-12(13)18)24(19)17-10-7-14(21-2)16(23-4)15(8-10)22-3/h5-9,17-18H,1-4H3. The Labute approximate surface area is 142 Å². The number of nitrogens with one attached hydrogen (secondary N) is 1. The molecule has 8 heteroatoms. The molecule has 0 radical (unpaired) electrons. The van der Waals surface area contributed by atoms with Crippen molar-refractivity contribution < 1.29 is 28.3 Å². The van der Waals surface area contributed by atoms with Crippen molar-refractivity contribution in [1.82, 2.24) is 0 Å². The summed E-state index contributed by atoms with van der Waals surface area (Å²) in [5.41, 5.74) is 0.512. The van der Waals surface area contributed by atoms with E-state index in [0.29, 0.717) is 33.6 Å². The third-order valence-corrected chi connectivity index (χ3v) is 4.34. The van der Waals surface area contributed by atoms with Gasteiger partial charge in [0, 0.05) is 18.2 Å². The van der Waals surface area contributed by atoms with Crippen LogP contribution in [0.4, 0.5) is 5.69 Å². The van der Waals surface area contributed by atoms with Crippen LogP contribution in [0, 0.1) is 0 Å². The smallest absolute Gasteiger partial charge is 0.203 e. The first-order valence-corrected chi connectivity index (χ1v) is 8.04. The summed E-state index contributed by atoms with van der Waals surface area (Å²) in [4.78, 5) is 0.391. The number of benzene rings is 2. The lowest BCUT2D eigenvalue weighted by Crippen LogP contribution is -2.06. The zero-order valence-electron chi connectivity index (χ0n) is 13.8. The predicted molar refractivity (Wildman–Crippen MR) is 90.8 cm³/mol. The minimum absolute atomic E-state index is 0.0879. The quantitative estimate of drug-likeness (QED) is 0.796. The molecule has 24 heavy (non-hydrogen) atoms. The Kier molecular flexibility index (Phi) is 5.75. The molecular weight excluding hydrogens is 334 g/mol. The van der Waals surface area contributed by atoms with Gasteiger partial charge in [-0.15, -0.1) is 0 Å². The van der Waals surface area contributed by atoms with Gasteiger partial charge >= 0.3 is 0 Å². The van der Waals surface area contributed by atoms with Gasteiger partial charge in [-0.05, 0) is 12.1 Å². The highest BCUT2D eigenvalue weighted by atomic mass is 32.2. The van der Waals surface area contributed by atoms with Crippen LogP contribution < -0.4 is 23.7 Å². The highest BCUT2D eigenvalue weighted by Gasteiger charge is 2.15. The Balaban J connectivity index is 2.30. The first kappa shape index (κ1) is 17.7. The van der Waals surface area contributed by atoms with E-state index in [-0.39, 0.29) is 5.75 Å². The molecule has 0 saturated carbocycles. The highest BCUT2D eigenvalue weighted by Crippen LogP contribution is 2.40. The average Bonchev–Trinajstić information content (AvgIpc) is 2.60. The summed E-state index contributed by atoms with van der Waals surface area (Å²) in [6, 6.07) is 7.80. The van der Waals surface area contributed by atoms with Gasteiger partial charge in [-0.3, -0.25) is 0 Å².